The van der Waals surface area contributed by atoms with Crippen LogP contribution in [0.3, 0.4) is 0 Å². The predicted molar refractivity (Wildman–Crippen MR) is 86.7 cm³/mol. The maximum Gasteiger partial charge on any atom is 0.223 e. The molecule has 22 heavy (non-hydrogen) atoms. The Kier molecular flexibility index (Phi) is 4.24. The maximum atomic E-state index is 12.1. The highest BCUT2D eigenvalue weighted by Crippen LogP contribution is 2.28. The molecular weight excluding hydrogens is 274 g/mol. The quantitative estimate of drug-likeness (QED) is 0.779. The monoisotopic (exact) mass is 293 g/mol. The normalized spacial score (nSPS) is 17.5. The fraction of sp³-hybridized carbons (Fsp3) is 0.211. The van der Waals surface area contributed by atoms with E-state index in [9.17, 15) is 4.79 Å². The van der Waals surface area contributed by atoms with E-state index in [4.69, 9.17) is 4.74 Å². The minimum atomic E-state index is 0.180. The van der Waals surface area contributed by atoms with Gasteiger partial charge in [0.25, 0.3) is 0 Å². The van der Waals surface area contributed by atoms with E-state index in [1.165, 1.54) is 0 Å². The number of rotatable bonds is 5. The molecule has 0 aliphatic carbocycles. The van der Waals surface area contributed by atoms with Gasteiger partial charge in [-0.1, -0.05) is 42.5 Å². The molecule has 1 amide bonds. The standard InChI is InChI=1S/C19H19NO2/c1-2-15-12-19(21)20(13-15)14-16-8-6-7-11-18(16)22-17-9-4-3-5-10-17/h2-11,15H,1,12-14H2. The van der Waals surface area contributed by atoms with Crippen molar-refractivity contribution >= 4 is 5.91 Å². The molecule has 1 atom stereocenters. The lowest BCUT2D eigenvalue weighted by Crippen LogP contribution is -2.24. The summed E-state index contributed by atoms with van der Waals surface area (Å²) < 4.78 is 5.95. The van der Waals surface area contributed by atoms with Crippen molar-refractivity contribution in [3.63, 3.8) is 0 Å². The molecule has 1 unspecified atom stereocenters. The van der Waals surface area contributed by atoms with Gasteiger partial charge in [-0.3, -0.25) is 4.79 Å². The Bertz CT molecular complexity index is 666. The lowest BCUT2D eigenvalue weighted by molar-refractivity contribution is -0.128. The van der Waals surface area contributed by atoms with Crippen molar-refractivity contribution in [2.24, 2.45) is 5.92 Å². The number of ether oxygens (including phenoxy) is 1. The summed E-state index contributed by atoms with van der Waals surface area (Å²) in [6.45, 7) is 5.10. The zero-order valence-corrected chi connectivity index (χ0v) is 12.4. The van der Waals surface area contributed by atoms with Gasteiger partial charge in [0.05, 0.1) is 0 Å². The van der Waals surface area contributed by atoms with Crippen LogP contribution in [-0.4, -0.2) is 17.4 Å². The van der Waals surface area contributed by atoms with Gasteiger partial charge in [-0.05, 0) is 18.2 Å². The second kappa shape index (κ2) is 6.48. The zero-order valence-electron chi connectivity index (χ0n) is 12.4. The molecular formula is C19H19NO2. The van der Waals surface area contributed by atoms with Gasteiger partial charge in [-0.25, -0.2) is 0 Å². The van der Waals surface area contributed by atoms with Crippen molar-refractivity contribution in [2.75, 3.05) is 6.54 Å². The Morgan fingerprint density at radius 3 is 2.59 bits per heavy atom. The van der Waals surface area contributed by atoms with Gasteiger partial charge in [-0.2, -0.15) is 0 Å². The molecule has 2 aromatic carbocycles. The number of para-hydroxylation sites is 2. The lowest BCUT2D eigenvalue weighted by atomic mass is 10.1. The average Bonchev–Trinajstić information content (AvgIpc) is 2.90. The van der Waals surface area contributed by atoms with E-state index in [-0.39, 0.29) is 11.8 Å². The highest BCUT2D eigenvalue weighted by molar-refractivity contribution is 5.79. The van der Waals surface area contributed by atoms with Crippen LogP contribution in [0.1, 0.15) is 12.0 Å². The van der Waals surface area contributed by atoms with E-state index in [0.29, 0.717) is 13.0 Å². The predicted octanol–water partition coefficient (Wildman–Crippen LogP) is 4.01. The molecule has 0 aromatic heterocycles. The summed E-state index contributed by atoms with van der Waals surface area (Å²) in [6, 6.07) is 17.5. The number of hydrogen-bond acceptors (Lipinski definition) is 2. The molecule has 0 radical (unpaired) electrons. The van der Waals surface area contributed by atoms with E-state index in [0.717, 1.165) is 23.6 Å². The molecule has 112 valence electrons. The smallest absolute Gasteiger partial charge is 0.223 e. The van der Waals surface area contributed by atoms with E-state index in [1.54, 1.807) is 0 Å². The lowest BCUT2D eigenvalue weighted by Gasteiger charge is -2.18. The number of carbonyl (C=O) groups excluding carboxylic acids is 1. The third kappa shape index (κ3) is 3.19. The van der Waals surface area contributed by atoms with Gasteiger partial charge in [0.15, 0.2) is 0 Å². The molecule has 0 bridgehead atoms. The molecule has 1 heterocycles. The Hall–Kier alpha value is -2.55. The van der Waals surface area contributed by atoms with Crippen molar-refractivity contribution in [3.8, 4) is 11.5 Å². The van der Waals surface area contributed by atoms with Crippen LogP contribution in [-0.2, 0) is 11.3 Å². The largest absolute Gasteiger partial charge is 0.457 e. The Balaban J connectivity index is 1.77. The maximum absolute atomic E-state index is 12.1. The fourth-order valence-corrected chi connectivity index (χ4v) is 2.67. The van der Waals surface area contributed by atoms with Crippen LogP contribution in [0.15, 0.2) is 67.3 Å². The van der Waals surface area contributed by atoms with Crippen molar-refractivity contribution in [2.45, 2.75) is 13.0 Å². The minimum absolute atomic E-state index is 0.180. The summed E-state index contributed by atoms with van der Waals surface area (Å²) in [5, 5.41) is 0. The highest BCUT2D eigenvalue weighted by atomic mass is 16.5. The molecule has 0 spiro atoms. The molecule has 1 aliphatic heterocycles. The van der Waals surface area contributed by atoms with Crippen LogP contribution in [0, 0.1) is 5.92 Å². The fourth-order valence-electron chi connectivity index (χ4n) is 2.67. The summed E-state index contributed by atoms with van der Waals surface area (Å²) in [5.41, 5.74) is 1.02. The van der Waals surface area contributed by atoms with Gasteiger partial charge in [-0.15, -0.1) is 6.58 Å². The van der Waals surface area contributed by atoms with Gasteiger partial charge in [0.1, 0.15) is 11.5 Å². The van der Waals surface area contributed by atoms with Crippen LogP contribution in [0.4, 0.5) is 0 Å². The van der Waals surface area contributed by atoms with Crippen molar-refractivity contribution < 1.29 is 9.53 Å². The van der Waals surface area contributed by atoms with Gasteiger partial charge in [0, 0.05) is 31.0 Å². The molecule has 3 heteroatoms. The number of benzene rings is 2. The summed E-state index contributed by atoms with van der Waals surface area (Å²) >= 11 is 0. The molecule has 2 aromatic rings. The number of likely N-dealkylation sites (tertiary alicyclic amines) is 1. The summed E-state index contributed by atoms with van der Waals surface area (Å²) in [4.78, 5) is 13.9. The summed E-state index contributed by atoms with van der Waals surface area (Å²) in [7, 11) is 0. The number of hydrogen-bond donors (Lipinski definition) is 0. The van der Waals surface area contributed by atoms with Crippen LogP contribution < -0.4 is 4.74 Å². The molecule has 0 saturated carbocycles. The third-order valence-electron chi connectivity index (χ3n) is 3.88. The van der Waals surface area contributed by atoms with Crippen molar-refractivity contribution in [3.05, 3.63) is 72.8 Å². The minimum Gasteiger partial charge on any atom is -0.457 e. The van der Waals surface area contributed by atoms with Gasteiger partial charge >= 0.3 is 0 Å². The van der Waals surface area contributed by atoms with E-state index in [2.05, 4.69) is 6.58 Å². The number of nitrogens with zero attached hydrogens (tertiary/aromatic N) is 1. The first kappa shape index (κ1) is 14.4. The third-order valence-corrected chi connectivity index (χ3v) is 3.88. The van der Waals surface area contributed by atoms with Crippen LogP contribution in [0.5, 0.6) is 11.5 Å². The summed E-state index contributed by atoms with van der Waals surface area (Å²) in [6.07, 6.45) is 2.43. The van der Waals surface area contributed by atoms with E-state index in [1.807, 2.05) is 65.6 Å². The van der Waals surface area contributed by atoms with Gasteiger partial charge in [0.2, 0.25) is 5.91 Å². The van der Waals surface area contributed by atoms with Gasteiger partial charge < -0.3 is 9.64 Å². The average molecular weight is 293 g/mol. The number of amides is 1. The first-order valence-corrected chi connectivity index (χ1v) is 7.47. The topological polar surface area (TPSA) is 29.5 Å². The van der Waals surface area contributed by atoms with Crippen molar-refractivity contribution in [1.82, 2.24) is 4.90 Å². The number of carbonyl (C=O) groups is 1. The highest BCUT2D eigenvalue weighted by Gasteiger charge is 2.28. The van der Waals surface area contributed by atoms with E-state index < -0.39 is 0 Å². The molecule has 1 aliphatic rings. The molecule has 3 nitrogen and oxygen atoms in total. The van der Waals surface area contributed by atoms with Crippen LogP contribution in [0.25, 0.3) is 0 Å². The van der Waals surface area contributed by atoms with E-state index >= 15 is 0 Å². The Labute approximate surface area is 130 Å². The van der Waals surface area contributed by atoms with Crippen LogP contribution in [0.2, 0.25) is 0 Å². The Morgan fingerprint density at radius 1 is 1.14 bits per heavy atom. The molecule has 1 fully saturated rings. The SMILES string of the molecule is C=CC1CC(=O)N(Cc2ccccc2Oc2ccccc2)C1. The first-order valence-electron chi connectivity index (χ1n) is 7.47. The molecule has 3 rings (SSSR count). The summed E-state index contributed by atoms with van der Waals surface area (Å²) in [5.74, 6) is 2.03. The van der Waals surface area contributed by atoms with Crippen molar-refractivity contribution in [1.29, 1.82) is 0 Å². The Morgan fingerprint density at radius 2 is 1.86 bits per heavy atom. The second-order valence-electron chi connectivity index (χ2n) is 5.50. The molecule has 1 saturated heterocycles. The molecule has 0 N–H and O–H groups in total. The zero-order chi connectivity index (χ0) is 15.4. The first-order chi connectivity index (χ1) is 10.8. The second-order valence-corrected chi connectivity index (χ2v) is 5.50. The van der Waals surface area contributed by atoms with Crippen LogP contribution >= 0.6 is 0 Å².